The highest BCUT2D eigenvalue weighted by molar-refractivity contribution is 7.98. The molecule has 0 aliphatic heterocycles. The number of rotatable bonds is 7. The Kier molecular flexibility index (Phi) is 6.73. The van der Waals surface area contributed by atoms with Gasteiger partial charge in [-0.05, 0) is 37.0 Å². The number of halogens is 1. The van der Waals surface area contributed by atoms with Crippen LogP contribution in [0.2, 0.25) is 5.02 Å². The fourth-order valence-electron chi connectivity index (χ4n) is 1.62. The Hall–Kier alpha value is -1.02. The molecule has 1 aromatic rings. The van der Waals surface area contributed by atoms with Gasteiger partial charge in [0, 0.05) is 17.9 Å². The number of aliphatic carboxylic acids is 1. The van der Waals surface area contributed by atoms with E-state index >= 15 is 0 Å². The van der Waals surface area contributed by atoms with Gasteiger partial charge in [-0.15, -0.1) is 0 Å². The third-order valence-corrected chi connectivity index (χ3v) is 5.34. The largest absolute Gasteiger partial charge is 0.478 e. The molecule has 116 valence electrons. The molecular formula is C13H16ClNO4S2. The van der Waals surface area contributed by atoms with Gasteiger partial charge in [-0.2, -0.15) is 11.8 Å². The molecule has 0 amide bonds. The van der Waals surface area contributed by atoms with E-state index in [9.17, 15) is 13.2 Å². The predicted octanol–water partition coefficient (Wildman–Crippen LogP) is 2.47. The Morgan fingerprint density at radius 2 is 2.19 bits per heavy atom. The molecule has 0 heterocycles. The van der Waals surface area contributed by atoms with Crippen molar-refractivity contribution >= 4 is 45.4 Å². The van der Waals surface area contributed by atoms with Gasteiger partial charge in [-0.25, -0.2) is 17.9 Å². The average molecular weight is 350 g/mol. The molecule has 1 rings (SSSR count). The summed E-state index contributed by atoms with van der Waals surface area (Å²) >= 11 is 7.52. The summed E-state index contributed by atoms with van der Waals surface area (Å²) in [4.78, 5) is 10.4. The summed E-state index contributed by atoms with van der Waals surface area (Å²) in [6, 6.07) is 4.05. The van der Waals surface area contributed by atoms with Crippen molar-refractivity contribution in [1.29, 1.82) is 0 Å². The van der Waals surface area contributed by atoms with Gasteiger partial charge in [0.15, 0.2) is 0 Å². The number of carboxylic acid groups (broad SMARTS) is 1. The van der Waals surface area contributed by atoms with E-state index in [1.54, 1.807) is 6.92 Å². The van der Waals surface area contributed by atoms with Crippen molar-refractivity contribution in [2.75, 3.05) is 12.0 Å². The van der Waals surface area contributed by atoms with Crippen LogP contribution in [0.3, 0.4) is 0 Å². The molecule has 1 atom stereocenters. The maximum Gasteiger partial charge on any atom is 0.328 e. The van der Waals surface area contributed by atoms with Crippen molar-refractivity contribution in [1.82, 2.24) is 4.72 Å². The smallest absolute Gasteiger partial charge is 0.328 e. The van der Waals surface area contributed by atoms with Crippen LogP contribution in [-0.4, -0.2) is 37.5 Å². The lowest BCUT2D eigenvalue weighted by Gasteiger charge is -2.14. The third-order valence-electron chi connectivity index (χ3n) is 2.44. The van der Waals surface area contributed by atoms with E-state index in [0.717, 1.165) is 6.08 Å². The van der Waals surface area contributed by atoms with Crippen LogP contribution in [0.25, 0.3) is 6.08 Å². The van der Waals surface area contributed by atoms with Crippen LogP contribution in [0.15, 0.2) is 29.2 Å². The van der Waals surface area contributed by atoms with Crippen LogP contribution < -0.4 is 4.72 Å². The van der Waals surface area contributed by atoms with Crippen LogP contribution in [-0.2, 0) is 14.8 Å². The molecule has 0 saturated heterocycles. The van der Waals surface area contributed by atoms with Gasteiger partial charge in [0.1, 0.15) is 4.90 Å². The van der Waals surface area contributed by atoms with Crippen molar-refractivity contribution in [3.8, 4) is 0 Å². The monoisotopic (exact) mass is 349 g/mol. The molecule has 2 N–H and O–H groups in total. The molecular weight excluding hydrogens is 334 g/mol. The molecule has 21 heavy (non-hydrogen) atoms. The second kappa shape index (κ2) is 7.84. The quantitative estimate of drug-likeness (QED) is 0.739. The average Bonchev–Trinajstić information content (AvgIpc) is 2.35. The van der Waals surface area contributed by atoms with Crippen molar-refractivity contribution in [2.24, 2.45) is 0 Å². The summed E-state index contributed by atoms with van der Waals surface area (Å²) in [6.45, 7) is 1.77. The first-order valence-electron chi connectivity index (χ1n) is 5.98. The van der Waals surface area contributed by atoms with Crippen molar-refractivity contribution in [3.63, 3.8) is 0 Å². The highest BCUT2D eigenvalue weighted by atomic mass is 35.5. The Labute approximate surface area is 133 Å². The van der Waals surface area contributed by atoms with E-state index in [1.807, 2.05) is 6.26 Å². The Balaban J connectivity index is 3.01. The van der Waals surface area contributed by atoms with E-state index in [1.165, 1.54) is 36.0 Å². The first-order chi connectivity index (χ1) is 9.76. The third kappa shape index (κ3) is 5.70. The maximum absolute atomic E-state index is 12.2. The van der Waals surface area contributed by atoms with Gasteiger partial charge >= 0.3 is 5.97 Å². The summed E-state index contributed by atoms with van der Waals surface area (Å²) in [5.41, 5.74) is 0.513. The number of carbonyl (C=O) groups is 1. The Morgan fingerprint density at radius 3 is 2.71 bits per heavy atom. The molecule has 0 aromatic heterocycles. The first kappa shape index (κ1) is 18.0. The number of thioether (sulfide) groups is 1. The number of nitrogens with one attached hydrogen (secondary N) is 1. The number of hydrogen-bond acceptors (Lipinski definition) is 4. The summed E-state index contributed by atoms with van der Waals surface area (Å²) in [6.07, 6.45) is 4.19. The minimum Gasteiger partial charge on any atom is -0.478 e. The molecule has 0 fully saturated rings. The molecule has 0 aliphatic rings. The molecule has 8 heteroatoms. The predicted molar refractivity (Wildman–Crippen MR) is 86.3 cm³/mol. The van der Waals surface area contributed by atoms with Crippen molar-refractivity contribution < 1.29 is 18.3 Å². The normalized spacial score (nSPS) is 13.5. The van der Waals surface area contributed by atoms with Crippen LogP contribution in [0.1, 0.15) is 12.5 Å². The minimum atomic E-state index is -3.70. The second-order valence-electron chi connectivity index (χ2n) is 4.34. The van der Waals surface area contributed by atoms with E-state index in [0.29, 0.717) is 11.3 Å². The lowest BCUT2D eigenvalue weighted by Crippen LogP contribution is -2.34. The molecule has 0 spiro atoms. The van der Waals surface area contributed by atoms with E-state index in [2.05, 4.69) is 4.72 Å². The first-order valence-corrected chi connectivity index (χ1v) is 9.23. The summed E-state index contributed by atoms with van der Waals surface area (Å²) in [5, 5.41) is 8.60. The highest BCUT2D eigenvalue weighted by Gasteiger charge is 2.20. The maximum atomic E-state index is 12.2. The summed E-state index contributed by atoms with van der Waals surface area (Å²) in [7, 11) is -3.70. The van der Waals surface area contributed by atoms with Crippen molar-refractivity contribution in [3.05, 3.63) is 34.9 Å². The SMILES string of the molecule is CSCC(C)NS(=O)(=O)c1ccc(/C=C/C(=O)O)cc1Cl. The van der Waals surface area contributed by atoms with Gasteiger partial charge in [0.25, 0.3) is 0 Å². The van der Waals surface area contributed by atoms with Gasteiger partial charge in [-0.3, -0.25) is 0 Å². The number of carboxylic acids is 1. The second-order valence-corrected chi connectivity index (χ2v) is 7.34. The lowest BCUT2D eigenvalue weighted by atomic mass is 10.2. The summed E-state index contributed by atoms with van der Waals surface area (Å²) < 4.78 is 26.9. The Bertz CT molecular complexity index is 644. The van der Waals surface area contributed by atoms with E-state index < -0.39 is 16.0 Å². The zero-order valence-corrected chi connectivity index (χ0v) is 13.9. The fourth-order valence-corrected chi connectivity index (χ4v) is 4.10. The fraction of sp³-hybridized carbons (Fsp3) is 0.308. The van der Waals surface area contributed by atoms with Crippen LogP contribution in [0.5, 0.6) is 0 Å². The van der Waals surface area contributed by atoms with Gasteiger partial charge < -0.3 is 5.11 Å². The number of hydrogen-bond donors (Lipinski definition) is 2. The number of sulfonamides is 1. The van der Waals surface area contributed by atoms with Crippen LogP contribution in [0, 0.1) is 0 Å². The lowest BCUT2D eigenvalue weighted by molar-refractivity contribution is -0.131. The zero-order chi connectivity index (χ0) is 16.0. The van der Waals surface area contributed by atoms with Crippen LogP contribution >= 0.6 is 23.4 Å². The topological polar surface area (TPSA) is 83.5 Å². The van der Waals surface area contributed by atoms with Gasteiger partial charge in [0.05, 0.1) is 5.02 Å². The standard InChI is InChI=1S/C13H16ClNO4S2/c1-9(8-20-2)15-21(18,19)12-5-3-10(7-11(12)14)4-6-13(16)17/h3-7,9,15H,8H2,1-2H3,(H,16,17)/b6-4+. The highest BCUT2D eigenvalue weighted by Crippen LogP contribution is 2.23. The molecule has 0 aliphatic carbocycles. The zero-order valence-electron chi connectivity index (χ0n) is 11.5. The van der Waals surface area contributed by atoms with Crippen LogP contribution in [0.4, 0.5) is 0 Å². The van der Waals surface area contributed by atoms with Crippen molar-refractivity contribution in [2.45, 2.75) is 17.9 Å². The molecule has 1 aromatic carbocycles. The molecule has 0 saturated carbocycles. The molecule has 5 nitrogen and oxygen atoms in total. The summed E-state index contributed by atoms with van der Waals surface area (Å²) in [5.74, 6) is -0.439. The van der Waals surface area contributed by atoms with E-state index in [-0.39, 0.29) is 16.0 Å². The number of benzene rings is 1. The Morgan fingerprint density at radius 1 is 1.52 bits per heavy atom. The van der Waals surface area contributed by atoms with Gasteiger partial charge in [0.2, 0.25) is 10.0 Å². The van der Waals surface area contributed by atoms with E-state index in [4.69, 9.17) is 16.7 Å². The molecule has 0 radical (unpaired) electrons. The molecule has 1 unspecified atom stereocenters. The van der Waals surface area contributed by atoms with Gasteiger partial charge in [-0.1, -0.05) is 17.7 Å². The molecule has 0 bridgehead atoms. The minimum absolute atomic E-state index is 0.0235.